The van der Waals surface area contributed by atoms with Crippen molar-refractivity contribution < 1.29 is 9.13 Å². The Kier molecular flexibility index (Phi) is 6.83. The number of aromatic nitrogens is 2. The fourth-order valence-electron chi connectivity index (χ4n) is 3.87. The van der Waals surface area contributed by atoms with E-state index in [0.717, 1.165) is 49.4 Å². The average molecular weight is 402 g/mol. The lowest BCUT2D eigenvalue weighted by molar-refractivity contribution is 0.0498. The van der Waals surface area contributed by atoms with Crippen molar-refractivity contribution in [3.8, 4) is 11.3 Å². The zero-order valence-electron chi connectivity index (χ0n) is 15.7. The zero-order chi connectivity index (χ0) is 18.5. The summed E-state index contributed by atoms with van der Waals surface area (Å²) in [6.45, 7) is 3.18. The van der Waals surface area contributed by atoms with E-state index in [1.165, 1.54) is 17.7 Å². The van der Waals surface area contributed by atoms with Crippen LogP contribution in [0.4, 0.5) is 4.39 Å². The fraction of sp³-hybridized carbons (Fsp3) is 0.318. The van der Waals surface area contributed by atoms with Crippen LogP contribution in [0.2, 0.25) is 0 Å². The maximum Gasteiger partial charge on any atom is 0.123 e. The van der Waals surface area contributed by atoms with Crippen LogP contribution in [0.1, 0.15) is 24.0 Å². The molecule has 4 nitrogen and oxygen atoms in total. The molecule has 148 valence electrons. The van der Waals surface area contributed by atoms with Crippen molar-refractivity contribution in [3.05, 3.63) is 77.7 Å². The minimum atomic E-state index is -0.234. The smallest absolute Gasteiger partial charge is 0.123 e. The molecular formula is C22H25ClFN3O. The Morgan fingerprint density at radius 2 is 1.75 bits per heavy atom. The summed E-state index contributed by atoms with van der Waals surface area (Å²) in [6.07, 6.45) is 3.87. The number of H-pyrrole nitrogens is 1. The van der Waals surface area contributed by atoms with E-state index < -0.39 is 0 Å². The summed E-state index contributed by atoms with van der Waals surface area (Å²) in [5.41, 5.74) is 4.42. The fourth-order valence-corrected chi connectivity index (χ4v) is 3.87. The van der Waals surface area contributed by atoms with Crippen molar-refractivity contribution >= 4 is 12.4 Å². The Bertz CT molecular complexity index is 861. The molecule has 1 aliphatic heterocycles. The number of aromatic amines is 1. The van der Waals surface area contributed by atoms with Gasteiger partial charge in [0.15, 0.2) is 0 Å². The molecule has 1 saturated heterocycles. The summed E-state index contributed by atoms with van der Waals surface area (Å²) in [5.74, 6) is -0.234. The minimum absolute atomic E-state index is 0. The number of rotatable bonds is 6. The van der Waals surface area contributed by atoms with Crippen LogP contribution < -0.4 is 5.32 Å². The van der Waals surface area contributed by atoms with Gasteiger partial charge in [-0.3, -0.25) is 5.10 Å². The van der Waals surface area contributed by atoms with Crippen molar-refractivity contribution in [3.63, 3.8) is 0 Å². The molecule has 0 unspecified atom stereocenters. The first-order valence-corrected chi connectivity index (χ1v) is 9.39. The quantitative estimate of drug-likeness (QED) is 0.640. The van der Waals surface area contributed by atoms with Gasteiger partial charge in [-0.1, -0.05) is 30.3 Å². The van der Waals surface area contributed by atoms with Crippen LogP contribution in [-0.2, 0) is 16.7 Å². The van der Waals surface area contributed by atoms with E-state index >= 15 is 0 Å². The van der Waals surface area contributed by atoms with Crippen LogP contribution in [-0.4, -0.2) is 30.0 Å². The number of hydrogen-bond donors (Lipinski definition) is 2. The van der Waals surface area contributed by atoms with Crippen molar-refractivity contribution in [2.24, 2.45) is 0 Å². The SMILES string of the molecule is Cl.Fc1ccc(-c2[nH]ncc2CNCC2(c3ccccc3)CCOCC2)cc1. The van der Waals surface area contributed by atoms with Crippen molar-refractivity contribution in [2.45, 2.75) is 24.8 Å². The number of halogens is 2. The molecule has 6 heteroatoms. The molecule has 28 heavy (non-hydrogen) atoms. The highest BCUT2D eigenvalue weighted by Crippen LogP contribution is 2.34. The first kappa shape index (κ1) is 20.5. The standard InChI is InChI=1S/C22H24FN3O.ClH/c23-20-8-6-17(7-9-20)21-18(15-25-26-21)14-24-16-22(10-12-27-13-11-22)19-4-2-1-3-5-19;/h1-9,15,24H,10-14,16H2,(H,25,26);1H. The lowest BCUT2D eigenvalue weighted by Gasteiger charge is -2.38. The molecule has 0 aliphatic carbocycles. The monoisotopic (exact) mass is 401 g/mol. The van der Waals surface area contributed by atoms with Crippen LogP contribution in [0.15, 0.2) is 60.8 Å². The highest BCUT2D eigenvalue weighted by atomic mass is 35.5. The molecule has 0 amide bonds. The zero-order valence-corrected chi connectivity index (χ0v) is 16.5. The van der Waals surface area contributed by atoms with Gasteiger partial charge in [-0.25, -0.2) is 4.39 Å². The summed E-state index contributed by atoms with van der Waals surface area (Å²) >= 11 is 0. The third-order valence-electron chi connectivity index (χ3n) is 5.47. The Balaban J connectivity index is 0.00000225. The van der Waals surface area contributed by atoms with Crippen LogP contribution in [0, 0.1) is 5.82 Å². The first-order chi connectivity index (χ1) is 13.3. The largest absolute Gasteiger partial charge is 0.381 e. The van der Waals surface area contributed by atoms with Crippen LogP contribution >= 0.6 is 12.4 Å². The molecule has 1 aromatic heterocycles. The Hall–Kier alpha value is -2.21. The van der Waals surface area contributed by atoms with E-state index in [0.29, 0.717) is 6.54 Å². The maximum atomic E-state index is 13.2. The van der Waals surface area contributed by atoms with Crippen LogP contribution in [0.25, 0.3) is 11.3 Å². The summed E-state index contributed by atoms with van der Waals surface area (Å²) in [6, 6.07) is 17.2. The number of ether oxygens (including phenoxy) is 1. The van der Waals surface area contributed by atoms with Gasteiger partial charge in [0.05, 0.1) is 11.9 Å². The van der Waals surface area contributed by atoms with Gasteiger partial charge in [0.1, 0.15) is 5.82 Å². The molecule has 2 aromatic carbocycles. The third-order valence-corrected chi connectivity index (χ3v) is 5.47. The number of hydrogen-bond acceptors (Lipinski definition) is 3. The molecule has 0 spiro atoms. The molecule has 0 saturated carbocycles. The van der Waals surface area contributed by atoms with Gasteiger partial charge in [0.2, 0.25) is 0 Å². The first-order valence-electron chi connectivity index (χ1n) is 9.39. The van der Waals surface area contributed by atoms with Crippen LogP contribution in [0.5, 0.6) is 0 Å². The molecular weight excluding hydrogens is 377 g/mol. The molecule has 1 aliphatic rings. The van der Waals surface area contributed by atoms with Gasteiger partial charge >= 0.3 is 0 Å². The van der Waals surface area contributed by atoms with E-state index in [4.69, 9.17) is 4.74 Å². The van der Waals surface area contributed by atoms with E-state index in [2.05, 4.69) is 45.8 Å². The van der Waals surface area contributed by atoms with Crippen molar-refractivity contribution in [1.29, 1.82) is 0 Å². The molecule has 0 radical (unpaired) electrons. The van der Waals surface area contributed by atoms with Gasteiger partial charge in [-0.2, -0.15) is 5.10 Å². The molecule has 0 bridgehead atoms. The number of nitrogens with one attached hydrogen (secondary N) is 2. The Morgan fingerprint density at radius 3 is 2.46 bits per heavy atom. The molecule has 2 heterocycles. The highest BCUT2D eigenvalue weighted by Gasteiger charge is 2.34. The lowest BCUT2D eigenvalue weighted by atomic mass is 9.74. The second-order valence-corrected chi connectivity index (χ2v) is 7.14. The predicted molar refractivity (Wildman–Crippen MR) is 111 cm³/mol. The summed E-state index contributed by atoms with van der Waals surface area (Å²) in [7, 11) is 0. The molecule has 4 rings (SSSR count). The molecule has 2 N–H and O–H groups in total. The van der Waals surface area contributed by atoms with E-state index in [9.17, 15) is 4.39 Å². The maximum absolute atomic E-state index is 13.2. The number of benzene rings is 2. The van der Waals surface area contributed by atoms with Gasteiger partial charge in [0.25, 0.3) is 0 Å². The van der Waals surface area contributed by atoms with Crippen molar-refractivity contribution in [1.82, 2.24) is 15.5 Å². The van der Waals surface area contributed by atoms with Gasteiger partial charge in [-0.15, -0.1) is 12.4 Å². The predicted octanol–water partition coefficient (Wildman–Crippen LogP) is 4.48. The van der Waals surface area contributed by atoms with Gasteiger partial charge in [-0.05, 0) is 42.7 Å². The van der Waals surface area contributed by atoms with Gasteiger partial charge in [0, 0.05) is 42.8 Å². The van der Waals surface area contributed by atoms with Crippen LogP contribution in [0.3, 0.4) is 0 Å². The summed E-state index contributed by atoms with van der Waals surface area (Å²) in [4.78, 5) is 0. The molecule has 0 atom stereocenters. The van der Waals surface area contributed by atoms with Gasteiger partial charge < -0.3 is 10.1 Å². The second-order valence-electron chi connectivity index (χ2n) is 7.14. The van der Waals surface area contributed by atoms with E-state index in [1.54, 1.807) is 12.1 Å². The third kappa shape index (κ3) is 4.43. The Labute approximate surface area is 170 Å². The topological polar surface area (TPSA) is 49.9 Å². The summed E-state index contributed by atoms with van der Waals surface area (Å²) < 4.78 is 18.8. The second kappa shape index (κ2) is 9.32. The number of nitrogens with zero attached hydrogens (tertiary/aromatic N) is 1. The van der Waals surface area contributed by atoms with E-state index in [-0.39, 0.29) is 23.6 Å². The molecule has 1 fully saturated rings. The molecule has 3 aromatic rings. The Morgan fingerprint density at radius 1 is 1.04 bits per heavy atom. The highest BCUT2D eigenvalue weighted by molar-refractivity contribution is 5.85. The van der Waals surface area contributed by atoms with Crippen molar-refractivity contribution in [2.75, 3.05) is 19.8 Å². The lowest BCUT2D eigenvalue weighted by Crippen LogP contribution is -2.42. The normalized spacial score (nSPS) is 15.8. The average Bonchev–Trinajstić information content (AvgIpc) is 3.18. The summed E-state index contributed by atoms with van der Waals surface area (Å²) in [5, 5.41) is 10.9. The minimum Gasteiger partial charge on any atom is -0.381 e. The van der Waals surface area contributed by atoms with E-state index in [1.807, 2.05) is 6.20 Å².